The van der Waals surface area contributed by atoms with Crippen LogP contribution < -0.4 is 4.90 Å². The largest absolute Gasteiger partial charge is 0.313 e. The molecule has 0 saturated heterocycles. The van der Waals surface area contributed by atoms with Gasteiger partial charge in [0.1, 0.15) is 0 Å². The quantitative estimate of drug-likeness (QED) is 0.792. The summed E-state index contributed by atoms with van der Waals surface area (Å²) in [7, 11) is 1.75. The first kappa shape index (κ1) is 11.1. The lowest BCUT2D eigenvalue weighted by Crippen LogP contribution is -2.27. The molecule has 1 amide bonds. The molecule has 0 bridgehead atoms. The van der Waals surface area contributed by atoms with Crippen LogP contribution in [0.25, 0.3) is 10.9 Å². The van der Waals surface area contributed by atoms with Crippen molar-refractivity contribution in [3.8, 4) is 0 Å². The fourth-order valence-corrected chi connectivity index (χ4v) is 1.85. The van der Waals surface area contributed by atoms with Crippen LogP contribution in [0.3, 0.4) is 0 Å². The van der Waals surface area contributed by atoms with Crippen molar-refractivity contribution in [1.29, 1.82) is 0 Å². The summed E-state index contributed by atoms with van der Waals surface area (Å²) in [6.45, 7) is 0. The molecule has 0 radical (unpaired) electrons. The van der Waals surface area contributed by atoms with Gasteiger partial charge in [0.15, 0.2) is 0 Å². The molecule has 2 aromatic rings. The van der Waals surface area contributed by atoms with E-state index in [9.17, 15) is 4.79 Å². The first-order valence-electron chi connectivity index (χ1n) is 4.89. The Hall–Kier alpha value is -1.42. The molecule has 0 saturated carbocycles. The minimum Gasteiger partial charge on any atom is -0.313 e. The third-order valence-corrected chi connectivity index (χ3v) is 2.93. The van der Waals surface area contributed by atoms with E-state index in [0.717, 1.165) is 16.6 Å². The van der Waals surface area contributed by atoms with Crippen molar-refractivity contribution in [3.63, 3.8) is 0 Å². The SMILES string of the molecule is CN(C(=O)CBr)c1cnc2ccccc2c1. The number of fused-ring (bicyclic) bond motifs is 1. The molecule has 1 aromatic carbocycles. The molecule has 0 fully saturated rings. The number of amides is 1. The molecule has 0 aliphatic rings. The second-order valence-electron chi connectivity index (χ2n) is 3.47. The number of aromatic nitrogens is 1. The first-order valence-corrected chi connectivity index (χ1v) is 6.02. The summed E-state index contributed by atoms with van der Waals surface area (Å²) >= 11 is 3.15. The summed E-state index contributed by atoms with van der Waals surface area (Å²) in [4.78, 5) is 17.4. The molecule has 0 unspecified atom stereocenters. The summed E-state index contributed by atoms with van der Waals surface area (Å²) < 4.78 is 0. The first-order chi connectivity index (χ1) is 7.72. The number of pyridine rings is 1. The van der Waals surface area contributed by atoms with Gasteiger partial charge in [0.05, 0.1) is 22.7 Å². The Kier molecular flexibility index (Phi) is 3.19. The fraction of sp³-hybridized carbons (Fsp3) is 0.167. The maximum absolute atomic E-state index is 11.5. The Labute approximate surface area is 102 Å². The lowest BCUT2D eigenvalue weighted by Gasteiger charge is -2.15. The number of carbonyl (C=O) groups is 1. The van der Waals surface area contributed by atoms with Crippen molar-refractivity contribution >= 4 is 38.4 Å². The number of anilines is 1. The average molecular weight is 279 g/mol. The normalized spacial score (nSPS) is 10.4. The summed E-state index contributed by atoms with van der Waals surface area (Å²) in [5.41, 5.74) is 1.74. The van der Waals surface area contributed by atoms with Gasteiger partial charge in [-0.3, -0.25) is 9.78 Å². The predicted molar refractivity (Wildman–Crippen MR) is 68.9 cm³/mol. The van der Waals surface area contributed by atoms with Gasteiger partial charge in [-0.1, -0.05) is 34.1 Å². The molecule has 1 aromatic heterocycles. The molecule has 0 aliphatic carbocycles. The molecule has 16 heavy (non-hydrogen) atoms. The van der Waals surface area contributed by atoms with Crippen molar-refractivity contribution in [1.82, 2.24) is 4.98 Å². The number of halogens is 1. The number of hydrogen-bond donors (Lipinski definition) is 0. The smallest absolute Gasteiger partial charge is 0.237 e. The maximum atomic E-state index is 11.5. The lowest BCUT2D eigenvalue weighted by atomic mass is 10.2. The topological polar surface area (TPSA) is 33.2 Å². The summed E-state index contributed by atoms with van der Waals surface area (Å²) in [6.07, 6.45) is 1.71. The summed E-state index contributed by atoms with van der Waals surface area (Å²) in [5, 5.41) is 1.35. The molecule has 0 aliphatic heterocycles. The Bertz CT molecular complexity index is 527. The zero-order chi connectivity index (χ0) is 11.5. The van der Waals surface area contributed by atoms with Gasteiger partial charge in [-0.15, -0.1) is 0 Å². The zero-order valence-electron chi connectivity index (χ0n) is 8.85. The van der Waals surface area contributed by atoms with Gasteiger partial charge in [-0.2, -0.15) is 0 Å². The summed E-state index contributed by atoms with van der Waals surface area (Å²) in [5.74, 6) is 0.0112. The molecule has 1 heterocycles. The second kappa shape index (κ2) is 4.61. The highest BCUT2D eigenvalue weighted by atomic mass is 79.9. The zero-order valence-corrected chi connectivity index (χ0v) is 10.4. The van der Waals surface area contributed by atoms with Crippen LogP contribution in [0.1, 0.15) is 0 Å². The van der Waals surface area contributed by atoms with E-state index < -0.39 is 0 Å². The highest BCUT2D eigenvalue weighted by Gasteiger charge is 2.09. The van der Waals surface area contributed by atoms with Crippen LogP contribution in [-0.2, 0) is 4.79 Å². The summed E-state index contributed by atoms with van der Waals surface area (Å²) in [6, 6.07) is 9.80. The van der Waals surface area contributed by atoms with Crippen molar-refractivity contribution in [2.24, 2.45) is 0 Å². The maximum Gasteiger partial charge on any atom is 0.237 e. The third-order valence-electron chi connectivity index (χ3n) is 2.45. The Morgan fingerprint density at radius 1 is 1.44 bits per heavy atom. The van der Waals surface area contributed by atoms with Gasteiger partial charge in [-0.25, -0.2) is 0 Å². The van der Waals surface area contributed by atoms with E-state index in [-0.39, 0.29) is 5.91 Å². The van der Waals surface area contributed by atoms with E-state index in [1.165, 1.54) is 0 Å². The molecule has 82 valence electrons. The fourth-order valence-electron chi connectivity index (χ4n) is 1.48. The molecule has 2 rings (SSSR count). The average Bonchev–Trinajstić information content (AvgIpc) is 2.36. The van der Waals surface area contributed by atoms with Crippen LogP contribution in [0, 0.1) is 0 Å². The number of alkyl halides is 1. The van der Waals surface area contributed by atoms with E-state index in [0.29, 0.717) is 5.33 Å². The molecular formula is C12H11BrN2O. The Balaban J connectivity index is 2.43. The number of hydrogen-bond acceptors (Lipinski definition) is 2. The van der Waals surface area contributed by atoms with E-state index in [1.807, 2.05) is 30.3 Å². The standard InChI is InChI=1S/C12H11BrN2O/c1-15(12(16)7-13)10-6-9-4-2-3-5-11(9)14-8-10/h2-6,8H,7H2,1H3. The van der Waals surface area contributed by atoms with Crippen LogP contribution in [-0.4, -0.2) is 23.3 Å². The highest BCUT2D eigenvalue weighted by Crippen LogP contribution is 2.18. The van der Waals surface area contributed by atoms with Crippen molar-refractivity contribution < 1.29 is 4.79 Å². The van der Waals surface area contributed by atoms with Crippen LogP contribution >= 0.6 is 15.9 Å². The van der Waals surface area contributed by atoms with E-state index in [4.69, 9.17) is 0 Å². The van der Waals surface area contributed by atoms with Gasteiger partial charge >= 0.3 is 0 Å². The third kappa shape index (κ3) is 2.07. The number of carbonyl (C=O) groups excluding carboxylic acids is 1. The van der Waals surface area contributed by atoms with Crippen LogP contribution in [0.2, 0.25) is 0 Å². The molecule has 0 spiro atoms. The molecule has 0 N–H and O–H groups in total. The van der Waals surface area contributed by atoms with Gasteiger partial charge in [-0.05, 0) is 12.1 Å². The van der Waals surface area contributed by atoms with Crippen molar-refractivity contribution in [2.75, 3.05) is 17.3 Å². The van der Waals surface area contributed by atoms with E-state index in [1.54, 1.807) is 18.1 Å². The van der Waals surface area contributed by atoms with Gasteiger partial charge < -0.3 is 4.90 Å². The number of benzene rings is 1. The lowest BCUT2D eigenvalue weighted by molar-refractivity contribution is -0.115. The minimum atomic E-state index is 0.0112. The van der Waals surface area contributed by atoms with Gasteiger partial charge in [0, 0.05) is 12.4 Å². The molecular weight excluding hydrogens is 268 g/mol. The number of para-hydroxylation sites is 1. The van der Waals surface area contributed by atoms with Crippen molar-refractivity contribution in [2.45, 2.75) is 0 Å². The second-order valence-corrected chi connectivity index (χ2v) is 4.03. The molecule has 0 atom stereocenters. The van der Waals surface area contributed by atoms with Crippen molar-refractivity contribution in [3.05, 3.63) is 36.5 Å². The van der Waals surface area contributed by atoms with Crippen LogP contribution in [0.4, 0.5) is 5.69 Å². The van der Waals surface area contributed by atoms with Crippen LogP contribution in [0.5, 0.6) is 0 Å². The number of rotatable bonds is 2. The monoisotopic (exact) mass is 278 g/mol. The predicted octanol–water partition coefficient (Wildman–Crippen LogP) is 2.59. The Morgan fingerprint density at radius 3 is 2.94 bits per heavy atom. The Morgan fingerprint density at radius 2 is 2.19 bits per heavy atom. The molecule has 4 heteroatoms. The van der Waals surface area contributed by atoms with Gasteiger partial charge in [0.25, 0.3) is 0 Å². The highest BCUT2D eigenvalue weighted by molar-refractivity contribution is 9.09. The minimum absolute atomic E-state index is 0.0112. The van der Waals surface area contributed by atoms with E-state index >= 15 is 0 Å². The van der Waals surface area contributed by atoms with Crippen LogP contribution in [0.15, 0.2) is 36.5 Å². The van der Waals surface area contributed by atoms with E-state index in [2.05, 4.69) is 20.9 Å². The van der Waals surface area contributed by atoms with Gasteiger partial charge in [0.2, 0.25) is 5.91 Å². The number of nitrogens with zero attached hydrogens (tertiary/aromatic N) is 2. The molecule has 3 nitrogen and oxygen atoms in total.